The van der Waals surface area contributed by atoms with Crippen LogP contribution in [0.15, 0.2) is 0 Å². The second-order valence-electron chi connectivity index (χ2n) is 6.46. The van der Waals surface area contributed by atoms with Gasteiger partial charge in [0.15, 0.2) is 0 Å². The highest BCUT2D eigenvalue weighted by Gasteiger charge is 2.35. The summed E-state index contributed by atoms with van der Waals surface area (Å²) < 4.78 is 4.59. The summed E-state index contributed by atoms with van der Waals surface area (Å²) in [5, 5.41) is 0. The fourth-order valence-electron chi connectivity index (χ4n) is 3.65. The third kappa shape index (κ3) is 4.70. The molecule has 0 aromatic carbocycles. The van der Waals surface area contributed by atoms with E-state index in [0.29, 0.717) is 25.8 Å². The van der Waals surface area contributed by atoms with Gasteiger partial charge in [-0.3, -0.25) is 9.59 Å². The van der Waals surface area contributed by atoms with Gasteiger partial charge in [-0.1, -0.05) is 6.42 Å². The lowest BCUT2D eigenvalue weighted by atomic mass is 10.0. The van der Waals surface area contributed by atoms with Crippen molar-refractivity contribution in [1.29, 1.82) is 0 Å². The minimum atomic E-state index is -0.209. The van der Waals surface area contributed by atoms with Gasteiger partial charge in [-0.2, -0.15) is 0 Å². The quantitative estimate of drug-likeness (QED) is 0.668. The zero-order valence-electron chi connectivity index (χ0n) is 13.3. The van der Waals surface area contributed by atoms with Crippen LogP contribution in [-0.4, -0.2) is 62.0 Å². The Morgan fingerprint density at radius 2 is 1.86 bits per heavy atom. The summed E-state index contributed by atoms with van der Waals surface area (Å²) in [5.74, 6) is 1.74. The van der Waals surface area contributed by atoms with Crippen molar-refractivity contribution in [1.82, 2.24) is 9.80 Å². The van der Waals surface area contributed by atoms with Crippen LogP contribution in [-0.2, 0) is 14.3 Å². The van der Waals surface area contributed by atoms with Gasteiger partial charge in [0.05, 0.1) is 7.11 Å². The maximum absolute atomic E-state index is 12.1. The molecule has 120 valence electrons. The number of carbonyl (C=O) groups excluding carboxylic acids is 2. The first-order chi connectivity index (χ1) is 10.1. The van der Waals surface area contributed by atoms with Gasteiger partial charge >= 0.3 is 5.97 Å². The second kappa shape index (κ2) is 7.78. The molecule has 1 heterocycles. The van der Waals surface area contributed by atoms with Crippen molar-refractivity contribution in [2.45, 2.75) is 38.5 Å². The van der Waals surface area contributed by atoms with Crippen molar-refractivity contribution in [3.63, 3.8) is 0 Å². The van der Waals surface area contributed by atoms with Gasteiger partial charge in [-0.15, -0.1) is 0 Å². The van der Waals surface area contributed by atoms with Gasteiger partial charge in [-0.05, 0) is 31.1 Å². The second-order valence-corrected chi connectivity index (χ2v) is 6.46. The summed E-state index contributed by atoms with van der Waals surface area (Å²) in [5.41, 5.74) is 0. The Balaban J connectivity index is 1.59. The van der Waals surface area contributed by atoms with Crippen LogP contribution in [0.5, 0.6) is 0 Å². The predicted octanol–water partition coefficient (Wildman–Crippen LogP) is 1.52. The van der Waals surface area contributed by atoms with Crippen molar-refractivity contribution in [2.75, 3.05) is 40.3 Å². The predicted molar refractivity (Wildman–Crippen MR) is 80.8 cm³/mol. The topological polar surface area (TPSA) is 49.9 Å². The molecule has 2 fully saturated rings. The normalized spacial score (nSPS) is 24.9. The monoisotopic (exact) mass is 296 g/mol. The highest BCUT2D eigenvalue weighted by atomic mass is 16.5. The number of rotatable bonds is 7. The van der Waals surface area contributed by atoms with Crippen LogP contribution >= 0.6 is 0 Å². The van der Waals surface area contributed by atoms with Gasteiger partial charge in [0.25, 0.3) is 0 Å². The van der Waals surface area contributed by atoms with Gasteiger partial charge in [-0.25, -0.2) is 0 Å². The molecular formula is C16H28N2O3. The van der Waals surface area contributed by atoms with E-state index in [4.69, 9.17) is 0 Å². The van der Waals surface area contributed by atoms with Crippen LogP contribution < -0.4 is 0 Å². The SMILES string of the molecule is COC(=O)CCCN(C)C(=O)CCN1CC2CCCC2C1. The van der Waals surface area contributed by atoms with Crippen molar-refractivity contribution >= 4 is 11.9 Å². The van der Waals surface area contributed by atoms with Crippen LogP contribution in [0.2, 0.25) is 0 Å². The summed E-state index contributed by atoms with van der Waals surface area (Å²) in [6.45, 7) is 3.88. The molecule has 1 saturated carbocycles. The molecule has 1 amide bonds. The fraction of sp³-hybridized carbons (Fsp3) is 0.875. The molecule has 2 atom stereocenters. The summed E-state index contributed by atoms with van der Waals surface area (Å²) in [6, 6.07) is 0. The number of methoxy groups -OCH3 is 1. The van der Waals surface area contributed by atoms with Crippen LogP contribution in [0.4, 0.5) is 0 Å². The molecule has 1 aliphatic heterocycles. The molecule has 0 spiro atoms. The Kier molecular flexibility index (Phi) is 6.03. The van der Waals surface area contributed by atoms with E-state index in [1.165, 1.54) is 39.5 Å². The number of esters is 1. The Hall–Kier alpha value is -1.10. The van der Waals surface area contributed by atoms with E-state index in [1.54, 1.807) is 4.90 Å². The Morgan fingerprint density at radius 1 is 1.19 bits per heavy atom. The smallest absolute Gasteiger partial charge is 0.305 e. The number of hydrogen-bond donors (Lipinski definition) is 0. The van der Waals surface area contributed by atoms with E-state index < -0.39 is 0 Å². The molecule has 0 N–H and O–H groups in total. The number of ether oxygens (including phenoxy) is 1. The van der Waals surface area contributed by atoms with Crippen LogP contribution in [0.3, 0.4) is 0 Å². The number of fused-ring (bicyclic) bond motifs is 1. The molecule has 2 aliphatic rings. The lowest BCUT2D eigenvalue weighted by Gasteiger charge is -2.20. The lowest BCUT2D eigenvalue weighted by Crippen LogP contribution is -2.32. The number of nitrogens with zero attached hydrogens (tertiary/aromatic N) is 2. The maximum atomic E-state index is 12.1. The van der Waals surface area contributed by atoms with Crippen molar-refractivity contribution in [2.24, 2.45) is 11.8 Å². The van der Waals surface area contributed by atoms with Gasteiger partial charge < -0.3 is 14.5 Å². The maximum Gasteiger partial charge on any atom is 0.305 e. The molecule has 0 aromatic rings. The molecule has 1 saturated heterocycles. The summed E-state index contributed by atoms with van der Waals surface area (Å²) in [7, 11) is 3.21. The number of amides is 1. The molecule has 1 aliphatic carbocycles. The molecule has 2 unspecified atom stereocenters. The van der Waals surface area contributed by atoms with Crippen LogP contribution in [0.1, 0.15) is 38.5 Å². The van der Waals surface area contributed by atoms with E-state index in [-0.39, 0.29) is 11.9 Å². The third-order valence-electron chi connectivity index (χ3n) is 4.97. The molecule has 5 heteroatoms. The number of carbonyl (C=O) groups is 2. The minimum absolute atomic E-state index is 0.178. The van der Waals surface area contributed by atoms with Crippen molar-refractivity contribution < 1.29 is 14.3 Å². The molecular weight excluding hydrogens is 268 g/mol. The number of hydrogen-bond acceptors (Lipinski definition) is 4. The molecule has 0 bridgehead atoms. The Labute approximate surface area is 127 Å². The molecule has 21 heavy (non-hydrogen) atoms. The standard InChI is InChI=1S/C16H28N2O3/c1-17(9-4-7-16(20)21-2)15(19)8-10-18-11-13-5-3-6-14(13)12-18/h13-14H,3-12H2,1-2H3. The van der Waals surface area contributed by atoms with Crippen molar-refractivity contribution in [3.8, 4) is 0 Å². The van der Waals surface area contributed by atoms with E-state index in [9.17, 15) is 9.59 Å². The van der Waals surface area contributed by atoms with E-state index >= 15 is 0 Å². The van der Waals surface area contributed by atoms with Gasteiger partial charge in [0.2, 0.25) is 5.91 Å². The average molecular weight is 296 g/mol. The lowest BCUT2D eigenvalue weighted by molar-refractivity contribution is -0.141. The first kappa shape index (κ1) is 16.3. The van der Waals surface area contributed by atoms with E-state index in [1.807, 2.05) is 7.05 Å². The summed E-state index contributed by atoms with van der Waals surface area (Å²) in [4.78, 5) is 27.3. The fourth-order valence-corrected chi connectivity index (χ4v) is 3.65. The highest BCUT2D eigenvalue weighted by Crippen LogP contribution is 2.37. The van der Waals surface area contributed by atoms with Crippen LogP contribution in [0, 0.1) is 11.8 Å². The third-order valence-corrected chi connectivity index (χ3v) is 4.97. The first-order valence-corrected chi connectivity index (χ1v) is 8.13. The Bertz CT molecular complexity index is 361. The first-order valence-electron chi connectivity index (χ1n) is 8.13. The van der Waals surface area contributed by atoms with Crippen molar-refractivity contribution in [3.05, 3.63) is 0 Å². The largest absolute Gasteiger partial charge is 0.469 e. The van der Waals surface area contributed by atoms with E-state index in [0.717, 1.165) is 18.4 Å². The van der Waals surface area contributed by atoms with E-state index in [2.05, 4.69) is 9.64 Å². The summed E-state index contributed by atoms with van der Waals surface area (Å²) >= 11 is 0. The molecule has 2 rings (SSSR count). The van der Waals surface area contributed by atoms with Gasteiger partial charge in [0, 0.05) is 46.1 Å². The molecule has 5 nitrogen and oxygen atoms in total. The molecule has 0 aromatic heterocycles. The highest BCUT2D eigenvalue weighted by molar-refractivity contribution is 5.76. The summed E-state index contributed by atoms with van der Waals surface area (Å²) in [6.07, 6.45) is 5.79. The van der Waals surface area contributed by atoms with Gasteiger partial charge in [0.1, 0.15) is 0 Å². The zero-order valence-corrected chi connectivity index (χ0v) is 13.3. The Morgan fingerprint density at radius 3 is 2.48 bits per heavy atom. The number of likely N-dealkylation sites (tertiary alicyclic amines) is 1. The minimum Gasteiger partial charge on any atom is -0.469 e. The zero-order chi connectivity index (χ0) is 15.2. The average Bonchev–Trinajstić information content (AvgIpc) is 3.05. The van der Waals surface area contributed by atoms with Crippen LogP contribution in [0.25, 0.3) is 0 Å². The molecule has 0 radical (unpaired) electrons.